The fourth-order valence-electron chi connectivity index (χ4n) is 3.49. The Bertz CT molecular complexity index is 892. The van der Waals surface area contributed by atoms with Crippen molar-refractivity contribution in [3.63, 3.8) is 0 Å². The molecule has 2 rings (SSSR count). The lowest BCUT2D eigenvalue weighted by Crippen LogP contribution is -2.14. The maximum absolute atomic E-state index is 9.83. The van der Waals surface area contributed by atoms with Crippen LogP contribution in [0.25, 0.3) is 12.2 Å². The van der Waals surface area contributed by atoms with Crippen LogP contribution in [0.5, 0.6) is 0 Å². The van der Waals surface area contributed by atoms with E-state index in [9.17, 15) is 4.79 Å². The summed E-state index contributed by atoms with van der Waals surface area (Å²) in [5, 5.41) is 0. The summed E-state index contributed by atoms with van der Waals surface area (Å²) in [4.78, 5) is 12.1. The van der Waals surface area contributed by atoms with Crippen molar-refractivity contribution in [2.75, 3.05) is 27.7 Å². The minimum Gasteiger partial charge on any atom is -0.468 e. The Morgan fingerprint density at radius 3 is 2.41 bits per heavy atom. The van der Waals surface area contributed by atoms with Crippen molar-refractivity contribution < 1.29 is 9.53 Å². The zero-order chi connectivity index (χ0) is 23.9. The average molecular weight is 437 g/mol. The van der Waals surface area contributed by atoms with E-state index in [4.69, 9.17) is 5.73 Å². The molecule has 0 atom stereocenters. The van der Waals surface area contributed by atoms with Gasteiger partial charge in [-0.1, -0.05) is 79.6 Å². The molecule has 174 valence electrons. The third-order valence-corrected chi connectivity index (χ3v) is 4.80. The number of unbranched alkanes of at least 4 members (excludes halogenated alkanes) is 1. The van der Waals surface area contributed by atoms with Gasteiger partial charge < -0.3 is 15.4 Å². The Morgan fingerprint density at radius 1 is 1.12 bits per heavy atom. The molecule has 4 nitrogen and oxygen atoms in total. The van der Waals surface area contributed by atoms with E-state index in [0.29, 0.717) is 0 Å². The molecule has 0 saturated carbocycles. The number of nitrogens with two attached hydrogens (primary N) is 1. The fraction of sp³-hybridized carbons (Fsp3) is 0.393. The number of hydrogen-bond donors (Lipinski definition) is 1. The van der Waals surface area contributed by atoms with Crippen LogP contribution < -0.4 is 5.73 Å². The molecular formula is C28H40N2O2. The zero-order valence-electron chi connectivity index (χ0n) is 20.7. The van der Waals surface area contributed by atoms with Gasteiger partial charge in [-0.25, -0.2) is 0 Å². The lowest BCUT2D eigenvalue weighted by molar-refractivity contribution is -0.138. The lowest BCUT2D eigenvalue weighted by Gasteiger charge is -2.14. The van der Waals surface area contributed by atoms with Crippen LogP contribution in [-0.2, 0) is 22.5 Å². The van der Waals surface area contributed by atoms with Gasteiger partial charge in [0.2, 0.25) is 0 Å². The van der Waals surface area contributed by atoms with Crippen molar-refractivity contribution >= 4 is 18.1 Å². The number of carbonyl (C=O) groups is 1. The predicted octanol–water partition coefficient (Wildman–Crippen LogP) is 5.61. The molecule has 0 bridgehead atoms. The molecule has 2 aromatic carbocycles. The zero-order valence-corrected chi connectivity index (χ0v) is 20.7. The molecule has 0 aromatic heterocycles. The second-order valence-corrected chi connectivity index (χ2v) is 8.13. The van der Waals surface area contributed by atoms with Crippen LogP contribution in [0.4, 0.5) is 0 Å². The number of esters is 1. The summed E-state index contributed by atoms with van der Waals surface area (Å²) >= 11 is 0. The second-order valence-electron chi connectivity index (χ2n) is 8.13. The van der Waals surface area contributed by atoms with Gasteiger partial charge in [-0.05, 0) is 68.6 Å². The highest BCUT2D eigenvalue weighted by Gasteiger charge is 2.07. The molecule has 0 radical (unpaired) electrons. The first-order valence-electron chi connectivity index (χ1n) is 11.3. The van der Waals surface area contributed by atoms with Gasteiger partial charge in [0.25, 0.3) is 0 Å². The Balaban J connectivity index is 0.000000751. The second kappa shape index (κ2) is 15.2. The molecule has 4 heteroatoms. The lowest BCUT2D eigenvalue weighted by atomic mass is 9.93. The number of rotatable bonds is 9. The van der Waals surface area contributed by atoms with Gasteiger partial charge in [-0.3, -0.25) is 4.79 Å². The van der Waals surface area contributed by atoms with Crippen molar-refractivity contribution in [2.24, 2.45) is 5.73 Å². The number of ether oxygens (including phenoxy) is 1. The Kier molecular flexibility index (Phi) is 13.0. The summed E-state index contributed by atoms with van der Waals surface area (Å²) in [5.41, 5.74) is 13.0. The topological polar surface area (TPSA) is 55.6 Å². The first-order chi connectivity index (χ1) is 15.3. The van der Waals surface area contributed by atoms with Crippen LogP contribution in [0, 0.1) is 6.92 Å². The number of benzene rings is 2. The summed E-state index contributed by atoms with van der Waals surface area (Å²) in [6, 6.07) is 13.6. The number of hydrogen-bond acceptors (Lipinski definition) is 4. The highest BCUT2D eigenvalue weighted by atomic mass is 16.5. The van der Waals surface area contributed by atoms with Crippen molar-refractivity contribution in [2.45, 2.75) is 46.6 Å². The Labute approximate surface area is 194 Å². The van der Waals surface area contributed by atoms with Gasteiger partial charge in [0, 0.05) is 6.54 Å². The molecule has 0 heterocycles. The normalized spacial score (nSPS) is 11.1. The highest BCUT2D eigenvalue weighted by Crippen LogP contribution is 2.23. The van der Waals surface area contributed by atoms with Crippen LogP contribution in [0.2, 0.25) is 0 Å². The summed E-state index contributed by atoms with van der Waals surface area (Å²) in [6.07, 6.45) is 12.2. The van der Waals surface area contributed by atoms with E-state index < -0.39 is 0 Å². The monoisotopic (exact) mass is 436 g/mol. The van der Waals surface area contributed by atoms with Gasteiger partial charge in [0.05, 0.1) is 13.7 Å². The van der Waals surface area contributed by atoms with Crippen LogP contribution in [-0.4, -0.2) is 38.6 Å². The van der Waals surface area contributed by atoms with Gasteiger partial charge in [0.15, 0.2) is 0 Å². The predicted molar refractivity (Wildman–Crippen MR) is 138 cm³/mol. The summed E-state index contributed by atoms with van der Waals surface area (Å²) < 4.78 is 4.14. The minimum absolute atomic E-state index is 0.0312. The average Bonchev–Trinajstić information content (AvgIpc) is 2.74. The number of methoxy groups -OCH3 is 1. The quantitative estimate of drug-likeness (QED) is 0.519. The first kappa shape index (κ1) is 27.3. The van der Waals surface area contributed by atoms with Crippen LogP contribution in [0.15, 0.2) is 48.6 Å². The van der Waals surface area contributed by atoms with Gasteiger partial charge in [-0.15, -0.1) is 0 Å². The van der Waals surface area contributed by atoms with Crippen molar-refractivity contribution in [3.05, 3.63) is 81.9 Å². The molecule has 0 fully saturated rings. The van der Waals surface area contributed by atoms with E-state index in [1.54, 1.807) is 0 Å². The molecule has 0 aliphatic heterocycles. The minimum atomic E-state index is -0.380. The maximum Gasteiger partial charge on any atom is 0.319 e. The summed E-state index contributed by atoms with van der Waals surface area (Å²) in [5.74, 6) is -0.380. The van der Waals surface area contributed by atoms with Crippen molar-refractivity contribution in [3.8, 4) is 0 Å². The smallest absolute Gasteiger partial charge is 0.319 e. The van der Waals surface area contributed by atoms with E-state index in [2.05, 4.69) is 105 Å². The Morgan fingerprint density at radius 2 is 1.84 bits per heavy atom. The summed E-state index contributed by atoms with van der Waals surface area (Å²) in [6.45, 7) is 7.45. The van der Waals surface area contributed by atoms with Crippen molar-refractivity contribution in [1.29, 1.82) is 0 Å². The van der Waals surface area contributed by atoms with E-state index in [-0.39, 0.29) is 12.5 Å². The molecule has 32 heavy (non-hydrogen) atoms. The van der Waals surface area contributed by atoms with Crippen LogP contribution in [0.3, 0.4) is 0 Å². The number of nitrogens with zero attached hydrogens (tertiary/aromatic N) is 1. The highest BCUT2D eigenvalue weighted by molar-refractivity contribution is 5.71. The van der Waals surface area contributed by atoms with E-state index in [1.165, 1.54) is 46.9 Å². The third kappa shape index (κ3) is 10.1. The fourth-order valence-corrected chi connectivity index (χ4v) is 3.49. The van der Waals surface area contributed by atoms with E-state index in [1.807, 2.05) is 0 Å². The summed E-state index contributed by atoms with van der Waals surface area (Å²) in [7, 11) is 5.55. The molecule has 2 aromatic rings. The molecule has 0 unspecified atom stereocenters. The van der Waals surface area contributed by atoms with Gasteiger partial charge in [0.1, 0.15) is 0 Å². The third-order valence-electron chi connectivity index (χ3n) is 4.80. The molecule has 0 aliphatic rings. The molecule has 0 amide bonds. The number of carbonyl (C=O) groups excluding carboxylic acids is 1. The number of aryl methyl sites for hydroxylation is 1. The molecule has 2 N–H and O–H groups in total. The largest absolute Gasteiger partial charge is 0.468 e. The molecule has 0 spiro atoms. The molecular weight excluding hydrogens is 396 g/mol. The van der Waals surface area contributed by atoms with E-state index in [0.717, 1.165) is 19.4 Å². The van der Waals surface area contributed by atoms with Crippen LogP contribution in [0.1, 0.15) is 60.1 Å². The standard InChI is InChI=1S/C25H33N.C3H7NO2/c1-6-8-9-14-25-23(11-7-2)12-10-13-24(25)18-21-15-20(3)16-22(17-21)19-26(4)5;1-6-3(5)2-4/h7,9-17H,6,8,18-19H2,1-5H3;2,4H2,1H3/b11-7-,14-9+;. The SMILES string of the molecule is C/C=C\c1cccc(Cc2cc(C)cc(CN(C)C)c2)c1/C=C/CCC.COC(=O)CN. The maximum atomic E-state index is 9.83. The van der Waals surface area contributed by atoms with Gasteiger partial charge in [-0.2, -0.15) is 0 Å². The van der Waals surface area contributed by atoms with E-state index >= 15 is 0 Å². The Hall–Kier alpha value is -2.69. The van der Waals surface area contributed by atoms with Crippen LogP contribution >= 0.6 is 0 Å². The first-order valence-corrected chi connectivity index (χ1v) is 11.3. The molecule has 0 aliphatic carbocycles. The van der Waals surface area contributed by atoms with Crippen molar-refractivity contribution in [1.82, 2.24) is 4.90 Å². The molecule has 0 saturated heterocycles. The van der Waals surface area contributed by atoms with Gasteiger partial charge >= 0.3 is 5.97 Å². The number of allylic oxidation sites excluding steroid dienone is 2.